The van der Waals surface area contributed by atoms with E-state index in [1.54, 1.807) is 12.3 Å². The number of nitrogens with one attached hydrogen (secondary N) is 1. The monoisotopic (exact) mass is 394 g/mol. The van der Waals surface area contributed by atoms with Crippen LogP contribution in [0, 0.1) is 10.1 Å². The fourth-order valence-electron chi connectivity index (χ4n) is 2.67. The maximum Gasteiger partial charge on any atom is 0.292 e. The van der Waals surface area contributed by atoms with Crippen LogP contribution in [0.3, 0.4) is 0 Å². The Morgan fingerprint density at radius 2 is 1.83 bits per heavy atom. The van der Waals surface area contributed by atoms with Crippen LogP contribution in [0.4, 0.5) is 11.4 Å². The van der Waals surface area contributed by atoms with Gasteiger partial charge >= 0.3 is 0 Å². The number of benzene rings is 2. The lowest BCUT2D eigenvalue weighted by atomic mass is 9.87. The van der Waals surface area contributed by atoms with Crippen molar-refractivity contribution in [1.29, 1.82) is 0 Å². The Hall–Kier alpha value is -3.68. The molecule has 8 heteroatoms. The third-order valence-electron chi connectivity index (χ3n) is 4.31. The molecule has 0 aliphatic carbocycles. The van der Waals surface area contributed by atoms with E-state index in [-0.39, 0.29) is 29.2 Å². The first kappa shape index (κ1) is 20.1. The van der Waals surface area contributed by atoms with Crippen molar-refractivity contribution in [3.8, 4) is 5.75 Å². The Balaban J connectivity index is 1.62. The normalized spacial score (nSPS) is 11.1. The topological polar surface area (TPSA) is 99.3 Å². The van der Waals surface area contributed by atoms with Crippen LogP contribution in [0.2, 0.25) is 0 Å². The van der Waals surface area contributed by atoms with E-state index in [0.717, 1.165) is 0 Å². The molecule has 1 aromatic heterocycles. The summed E-state index contributed by atoms with van der Waals surface area (Å²) in [4.78, 5) is 22.9. The van der Waals surface area contributed by atoms with Gasteiger partial charge in [-0.25, -0.2) is 4.68 Å². The highest BCUT2D eigenvalue weighted by Gasteiger charge is 2.17. The van der Waals surface area contributed by atoms with Crippen LogP contribution in [0.25, 0.3) is 0 Å². The molecule has 1 heterocycles. The fraction of sp³-hybridized carbons (Fsp3) is 0.238. The summed E-state index contributed by atoms with van der Waals surface area (Å²) in [5, 5.41) is 17.7. The molecule has 3 rings (SSSR count). The number of aromatic nitrogens is 2. The molecule has 0 atom stereocenters. The number of para-hydroxylation sites is 2. The van der Waals surface area contributed by atoms with Gasteiger partial charge in [0.15, 0.2) is 12.4 Å². The number of ether oxygens (including phenoxy) is 1. The Labute approximate surface area is 168 Å². The zero-order valence-electron chi connectivity index (χ0n) is 16.5. The summed E-state index contributed by atoms with van der Waals surface area (Å²) < 4.78 is 7.18. The SMILES string of the molecule is CC(C)(C)c1ccc(OCn2ccc(C(=O)Nc3ccccc3[N+](=O)[O-])n2)cc1. The quantitative estimate of drug-likeness (QED) is 0.494. The number of hydrogen-bond donors (Lipinski definition) is 1. The molecule has 0 fully saturated rings. The van der Waals surface area contributed by atoms with Crippen molar-refractivity contribution in [2.24, 2.45) is 0 Å². The van der Waals surface area contributed by atoms with E-state index in [9.17, 15) is 14.9 Å². The number of rotatable bonds is 6. The minimum atomic E-state index is -0.549. The second kappa shape index (κ2) is 8.14. The van der Waals surface area contributed by atoms with Crippen LogP contribution in [-0.4, -0.2) is 20.6 Å². The van der Waals surface area contributed by atoms with Gasteiger partial charge in [-0.15, -0.1) is 0 Å². The number of hydrogen-bond acceptors (Lipinski definition) is 5. The Bertz CT molecular complexity index is 1020. The van der Waals surface area contributed by atoms with E-state index in [4.69, 9.17) is 4.74 Å². The summed E-state index contributed by atoms with van der Waals surface area (Å²) in [6.07, 6.45) is 1.61. The van der Waals surface area contributed by atoms with E-state index < -0.39 is 10.8 Å². The van der Waals surface area contributed by atoms with Gasteiger partial charge in [-0.2, -0.15) is 5.10 Å². The maximum atomic E-state index is 12.4. The fourth-order valence-corrected chi connectivity index (χ4v) is 2.67. The molecular formula is C21H22N4O4. The second-order valence-corrected chi connectivity index (χ2v) is 7.52. The second-order valence-electron chi connectivity index (χ2n) is 7.52. The molecule has 0 aliphatic rings. The lowest BCUT2D eigenvalue weighted by Crippen LogP contribution is -2.15. The minimum absolute atomic E-state index is 0.0661. The molecule has 0 aliphatic heterocycles. The van der Waals surface area contributed by atoms with Crippen LogP contribution in [0.1, 0.15) is 36.8 Å². The van der Waals surface area contributed by atoms with Crippen LogP contribution in [-0.2, 0) is 12.1 Å². The molecule has 2 aromatic carbocycles. The van der Waals surface area contributed by atoms with E-state index in [1.165, 1.54) is 34.5 Å². The number of nitrogens with zero attached hydrogens (tertiary/aromatic N) is 3. The molecule has 1 amide bonds. The van der Waals surface area contributed by atoms with Gasteiger partial charge in [0.2, 0.25) is 0 Å². The van der Waals surface area contributed by atoms with Gasteiger partial charge < -0.3 is 10.1 Å². The third kappa shape index (κ3) is 4.98. The number of carbonyl (C=O) groups excluding carboxylic acids is 1. The molecule has 8 nitrogen and oxygen atoms in total. The molecule has 29 heavy (non-hydrogen) atoms. The number of nitro groups is 1. The summed E-state index contributed by atoms with van der Waals surface area (Å²) in [5.41, 5.74) is 1.35. The molecule has 0 saturated carbocycles. The number of nitro benzene ring substituents is 1. The van der Waals surface area contributed by atoms with Crippen molar-refractivity contribution < 1.29 is 14.5 Å². The summed E-state index contributed by atoms with van der Waals surface area (Å²) in [6, 6.07) is 15.3. The first-order valence-electron chi connectivity index (χ1n) is 9.05. The third-order valence-corrected chi connectivity index (χ3v) is 4.31. The maximum absolute atomic E-state index is 12.4. The molecule has 0 saturated heterocycles. The van der Waals surface area contributed by atoms with Crippen molar-refractivity contribution in [3.05, 3.63) is 82.2 Å². The molecule has 150 valence electrons. The van der Waals surface area contributed by atoms with Crippen molar-refractivity contribution in [2.75, 3.05) is 5.32 Å². The van der Waals surface area contributed by atoms with Gasteiger partial charge in [0, 0.05) is 12.3 Å². The number of anilines is 1. The van der Waals surface area contributed by atoms with E-state index >= 15 is 0 Å². The zero-order chi connectivity index (χ0) is 21.0. The van der Waals surface area contributed by atoms with Crippen LogP contribution in [0.5, 0.6) is 5.75 Å². The van der Waals surface area contributed by atoms with Gasteiger partial charge in [0.05, 0.1) is 4.92 Å². The predicted octanol–water partition coefficient (Wildman–Crippen LogP) is 4.38. The first-order valence-corrected chi connectivity index (χ1v) is 9.05. The number of amides is 1. The first-order chi connectivity index (χ1) is 13.7. The van der Waals surface area contributed by atoms with Gasteiger partial charge in [-0.1, -0.05) is 45.0 Å². The molecule has 0 radical (unpaired) electrons. The highest BCUT2D eigenvalue weighted by molar-refractivity contribution is 6.04. The molecule has 0 bridgehead atoms. The van der Waals surface area contributed by atoms with Crippen LogP contribution in [0.15, 0.2) is 60.8 Å². The van der Waals surface area contributed by atoms with Gasteiger partial charge in [-0.3, -0.25) is 14.9 Å². The predicted molar refractivity (Wildman–Crippen MR) is 109 cm³/mol. The van der Waals surface area contributed by atoms with Crippen molar-refractivity contribution in [2.45, 2.75) is 32.9 Å². The molecular weight excluding hydrogens is 372 g/mol. The van der Waals surface area contributed by atoms with E-state index in [1.807, 2.05) is 24.3 Å². The highest BCUT2D eigenvalue weighted by Crippen LogP contribution is 2.25. The van der Waals surface area contributed by atoms with Gasteiger partial charge in [-0.05, 0) is 35.2 Å². The lowest BCUT2D eigenvalue weighted by Gasteiger charge is -2.19. The molecule has 1 N–H and O–H groups in total. The van der Waals surface area contributed by atoms with Crippen LogP contribution < -0.4 is 10.1 Å². The van der Waals surface area contributed by atoms with Crippen molar-refractivity contribution in [1.82, 2.24) is 9.78 Å². The summed E-state index contributed by atoms with van der Waals surface area (Å²) >= 11 is 0. The molecule has 0 spiro atoms. The summed E-state index contributed by atoms with van der Waals surface area (Å²) in [5.74, 6) is 0.159. The smallest absolute Gasteiger partial charge is 0.292 e. The largest absolute Gasteiger partial charge is 0.471 e. The average molecular weight is 394 g/mol. The van der Waals surface area contributed by atoms with Crippen molar-refractivity contribution >= 4 is 17.3 Å². The van der Waals surface area contributed by atoms with Crippen molar-refractivity contribution in [3.63, 3.8) is 0 Å². The lowest BCUT2D eigenvalue weighted by molar-refractivity contribution is -0.383. The molecule has 0 unspecified atom stereocenters. The highest BCUT2D eigenvalue weighted by atomic mass is 16.6. The van der Waals surface area contributed by atoms with Gasteiger partial charge in [0.1, 0.15) is 11.4 Å². The minimum Gasteiger partial charge on any atom is -0.471 e. The van der Waals surface area contributed by atoms with Crippen LogP contribution >= 0.6 is 0 Å². The standard InChI is InChI=1S/C21H22N4O4/c1-21(2,3)15-8-10-16(11-9-15)29-14-24-13-12-18(23-24)20(26)22-17-6-4-5-7-19(17)25(27)28/h4-13H,14H2,1-3H3,(H,22,26). The summed E-state index contributed by atoms with van der Waals surface area (Å²) in [7, 11) is 0. The average Bonchev–Trinajstić information content (AvgIpc) is 3.15. The Kier molecular flexibility index (Phi) is 5.63. The Morgan fingerprint density at radius 1 is 1.14 bits per heavy atom. The summed E-state index contributed by atoms with van der Waals surface area (Å²) in [6.45, 7) is 6.56. The van der Waals surface area contributed by atoms with E-state index in [0.29, 0.717) is 5.75 Å². The van der Waals surface area contributed by atoms with E-state index in [2.05, 4.69) is 31.2 Å². The zero-order valence-corrected chi connectivity index (χ0v) is 16.5. The van der Waals surface area contributed by atoms with Gasteiger partial charge in [0.25, 0.3) is 11.6 Å². The molecule has 3 aromatic rings. The number of carbonyl (C=O) groups is 1. The Morgan fingerprint density at radius 3 is 2.48 bits per heavy atom.